The molecular formula is C18H18GeN3. The number of hydrogen-bond acceptors (Lipinski definition) is 3. The molecule has 1 radical (unpaired) electrons. The van der Waals surface area contributed by atoms with Gasteiger partial charge in [-0.3, -0.25) is 0 Å². The van der Waals surface area contributed by atoms with Gasteiger partial charge in [0.25, 0.3) is 0 Å². The fourth-order valence-corrected chi connectivity index (χ4v) is 5.35. The van der Waals surface area contributed by atoms with E-state index in [0.717, 1.165) is 17.1 Å². The van der Waals surface area contributed by atoms with Gasteiger partial charge in [0.1, 0.15) is 0 Å². The number of rotatable bonds is 6. The quantitative estimate of drug-likeness (QED) is 0.581. The molecule has 0 atom stereocenters. The van der Waals surface area contributed by atoms with Crippen molar-refractivity contribution in [3.05, 3.63) is 91.0 Å². The first kappa shape index (κ1) is 14.5. The van der Waals surface area contributed by atoms with Gasteiger partial charge >= 0.3 is 136 Å². The number of para-hydroxylation sites is 3. The molecule has 0 saturated heterocycles. The molecule has 22 heavy (non-hydrogen) atoms. The summed E-state index contributed by atoms with van der Waals surface area (Å²) in [7, 11) is 0. The van der Waals surface area contributed by atoms with E-state index in [4.69, 9.17) is 0 Å². The molecule has 0 aliphatic carbocycles. The van der Waals surface area contributed by atoms with Gasteiger partial charge in [-0.05, 0) is 0 Å². The van der Waals surface area contributed by atoms with Crippen molar-refractivity contribution in [2.24, 2.45) is 0 Å². The summed E-state index contributed by atoms with van der Waals surface area (Å²) in [5, 5.41) is 0. The molecule has 3 N–H and O–H groups in total. The van der Waals surface area contributed by atoms with Crippen molar-refractivity contribution in [2.75, 3.05) is 12.8 Å². The third-order valence-electron chi connectivity index (χ3n) is 3.13. The van der Waals surface area contributed by atoms with E-state index in [-0.39, 0.29) is 0 Å². The Labute approximate surface area is 136 Å². The zero-order valence-electron chi connectivity index (χ0n) is 12.2. The van der Waals surface area contributed by atoms with E-state index >= 15 is 0 Å². The third-order valence-corrected chi connectivity index (χ3v) is 6.52. The second-order valence-electron chi connectivity index (χ2n) is 4.85. The predicted octanol–water partition coefficient (Wildman–Crippen LogP) is 4.31. The molecule has 0 aliphatic rings. The fraction of sp³-hybridized carbons (Fsp3) is 0. The number of benzene rings is 3. The standard InChI is InChI=1S/C18H18GeN3/c1-4-10-16(11-5-1)20-19(21-17-12-6-2-7-13-17)22-18-14-8-3-9-15-18/h1-15,20-22H. The van der Waals surface area contributed by atoms with Gasteiger partial charge in [0.05, 0.1) is 0 Å². The van der Waals surface area contributed by atoms with E-state index in [2.05, 4.69) is 49.2 Å². The summed E-state index contributed by atoms with van der Waals surface area (Å²) >= 11 is -1.97. The van der Waals surface area contributed by atoms with Crippen molar-refractivity contribution in [3.8, 4) is 0 Å². The Hall–Kier alpha value is -2.40. The normalized spacial score (nSPS) is 10.2. The van der Waals surface area contributed by atoms with Crippen LogP contribution in [0.1, 0.15) is 0 Å². The van der Waals surface area contributed by atoms with Crippen molar-refractivity contribution in [2.45, 2.75) is 0 Å². The van der Waals surface area contributed by atoms with E-state index in [1.807, 2.05) is 54.6 Å². The van der Waals surface area contributed by atoms with E-state index in [1.54, 1.807) is 0 Å². The second kappa shape index (κ2) is 7.57. The second-order valence-corrected chi connectivity index (χ2v) is 8.00. The van der Waals surface area contributed by atoms with Gasteiger partial charge in [0.15, 0.2) is 0 Å². The van der Waals surface area contributed by atoms with Crippen LogP contribution in [0.25, 0.3) is 0 Å². The molecule has 0 bridgehead atoms. The molecule has 3 aromatic carbocycles. The summed E-state index contributed by atoms with van der Waals surface area (Å²) in [6.45, 7) is 0. The Morgan fingerprint density at radius 1 is 0.409 bits per heavy atom. The summed E-state index contributed by atoms with van der Waals surface area (Å²) in [5.74, 6) is 0. The zero-order chi connectivity index (χ0) is 15.0. The molecule has 0 amide bonds. The maximum atomic E-state index is 3.62. The Kier molecular flexibility index (Phi) is 5.00. The van der Waals surface area contributed by atoms with Crippen molar-refractivity contribution in [3.63, 3.8) is 0 Å². The van der Waals surface area contributed by atoms with Crippen LogP contribution in [0.2, 0.25) is 0 Å². The SMILES string of the molecule is c1ccc([NH][Ge]([NH]c2ccccc2)[NH]c2ccccc2)cc1. The Bertz CT molecular complexity index is 576. The number of anilines is 3. The van der Waals surface area contributed by atoms with Crippen LogP contribution >= 0.6 is 0 Å². The van der Waals surface area contributed by atoms with Crippen molar-refractivity contribution in [1.29, 1.82) is 0 Å². The third kappa shape index (κ3) is 4.30. The van der Waals surface area contributed by atoms with Crippen LogP contribution in [0.5, 0.6) is 0 Å². The summed E-state index contributed by atoms with van der Waals surface area (Å²) < 4.78 is 10.9. The van der Waals surface area contributed by atoms with Crippen molar-refractivity contribution >= 4 is 32.1 Å². The minimum atomic E-state index is -1.97. The first-order chi connectivity index (χ1) is 10.9. The van der Waals surface area contributed by atoms with Crippen LogP contribution in [-0.2, 0) is 0 Å². The molecule has 3 aromatic rings. The molecule has 0 aliphatic heterocycles. The van der Waals surface area contributed by atoms with Gasteiger partial charge in [-0.15, -0.1) is 0 Å². The molecule has 0 unspecified atom stereocenters. The fourth-order valence-electron chi connectivity index (χ4n) is 2.09. The summed E-state index contributed by atoms with van der Waals surface area (Å²) in [6, 6.07) is 30.9. The molecule has 109 valence electrons. The minimum absolute atomic E-state index is 1.13. The number of hydrogen-bond donors (Lipinski definition) is 3. The van der Waals surface area contributed by atoms with E-state index in [0.29, 0.717) is 0 Å². The average molecular weight is 349 g/mol. The molecule has 0 heterocycles. The Balaban J connectivity index is 1.75. The first-order valence-corrected chi connectivity index (χ1v) is 10.4. The van der Waals surface area contributed by atoms with Gasteiger partial charge in [0.2, 0.25) is 0 Å². The molecular weight excluding hydrogens is 331 g/mol. The van der Waals surface area contributed by atoms with Gasteiger partial charge in [-0.2, -0.15) is 0 Å². The molecule has 3 rings (SSSR count). The molecule has 0 aromatic heterocycles. The molecule has 0 fully saturated rings. The van der Waals surface area contributed by atoms with Crippen molar-refractivity contribution < 1.29 is 0 Å². The predicted molar refractivity (Wildman–Crippen MR) is 95.9 cm³/mol. The van der Waals surface area contributed by atoms with E-state index in [1.165, 1.54) is 0 Å². The zero-order valence-corrected chi connectivity index (χ0v) is 14.3. The van der Waals surface area contributed by atoms with Gasteiger partial charge in [-0.1, -0.05) is 0 Å². The summed E-state index contributed by atoms with van der Waals surface area (Å²) in [4.78, 5) is 0. The summed E-state index contributed by atoms with van der Waals surface area (Å²) in [6.07, 6.45) is 0. The first-order valence-electron chi connectivity index (χ1n) is 7.23. The van der Waals surface area contributed by atoms with Crippen molar-refractivity contribution in [1.82, 2.24) is 0 Å². The Morgan fingerprint density at radius 2 is 0.682 bits per heavy atom. The molecule has 0 spiro atoms. The van der Waals surface area contributed by atoms with Crippen LogP contribution in [0.4, 0.5) is 17.1 Å². The average Bonchev–Trinajstić information content (AvgIpc) is 2.57. The molecule has 3 nitrogen and oxygen atoms in total. The summed E-state index contributed by atoms with van der Waals surface area (Å²) in [5.41, 5.74) is 3.39. The molecule has 0 saturated carbocycles. The maximum absolute atomic E-state index is 3.62. The monoisotopic (exact) mass is 350 g/mol. The van der Waals surface area contributed by atoms with Gasteiger partial charge in [0, 0.05) is 0 Å². The Morgan fingerprint density at radius 3 is 0.955 bits per heavy atom. The van der Waals surface area contributed by atoms with Crippen LogP contribution in [0.15, 0.2) is 91.0 Å². The van der Waals surface area contributed by atoms with Gasteiger partial charge < -0.3 is 0 Å². The van der Waals surface area contributed by atoms with E-state index in [9.17, 15) is 0 Å². The van der Waals surface area contributed by atoms with Crippen LogP contribution in [-0.4, -0.2) is 15.0 Å². The topological polar surface area (TPSA) is 36.1 Å². The van der Waals surface area contributed by atoms with E-state index < -0.39 is 15.0 Å². The van der Waals surface area contributed by atoms with Gasteiger partial charge in [-0.25, -0.2) is 0 Å². The van der Waals surface area contributed by atoms with Crippen LogP contribution < -0.4 is 12.8 Å². The van der Waals surface area contributed by atoms with Crippen LogP contribution in [0.3, 0.4) is 0 Å². The molecule has 4 heteroatoms. The number of nitrogens with one attached hydrogen (secondary N) is 3. The van der Waals surface area contributed by atoms with Crippen LogP contribution in [0, 0.1) is 0 Å².